The summed E-state index contributed by atoms with van der Waals surface area (Å²) in [5.74, 6) is -2.47. The summed E-state index contributed by atoms with van der Waals surface area (Å²) in [6.45, 7) is 1.56. The topological polar surface area (TPSA) is 98.5 Å². The third kappa shape index (κ3) is 2.15. The van der Waals surface area contributed by atoms with Crippen molar-refractivity contribution in [1.29, 1.82) is 0 Å². The van der Waals surface area contributed by atoms with E-state index in [4.69, 9.17) is 5.73 Å². The normalized spacial score (nSPS) is 20.1. The monoisotopic (exact) mass is 212 g/mol. The zero-order valence-corrected chi connectivity index (χ0v) is 8.49. The Labute approximate surface area is 86.5 Å². The van der Waals surface area contributed by atoms with Crippen LogP contribution in [0.1, 0.15) is 13.3 Å². The molecule has 1 aliphatic heterocycles. The summed E-state index contributed by atoms with van der Waals surface area (Å²) in [4.78, 5) is 33.5. The molecule has 3 N–H and O–H groups in total. The molecule has 0 aliphatic carbocycles. The molecule has 1 heterocycles. The number of nitrogens with two attached hydrogens (primary N) is 1. The Morgan fingerprint density at radius 2 is 2.13 bits per heavy atom. The van der Waals surface area contributed by atoms with Crippen molar-refractivity contribution in [3.8, 4) is 0 Å². The molecule has 2 amide bonds. The number of methoxy groups -OCH3 is 1. The lowest BCUT2D eigenvalue weighted by Crippen LogP contribution is -2.27. The Morgan fingerprint density at radius 3 is 2.60 bits per heavy atom. The van der Waals surface area contributed by atoms with Crippen molar-refractivity contribution in [2.24, 2.45) is 11.7 Å². The highest BCUT2D eigenvalue weighted by Crippen LogP contribution is 2.24. The number of esters is 1. The maximum absolute atomic E-state index is 11.4. The van der Waals surface area contributed by atoms with Crippen LogP contribution in [-0.2, 0) is 19.1 Å². The molecule has 0 spiro atoms. The minimum atomic E-state index is -0.824. The number of carbonyl (C=O) groups is 3. The zero-order valence-electron chi connectivity index (χ0n) is 8.49. The molecular formula is C9H12N2O4. The Balaban J connectivity index is 2.91. The van der Waals surface area contributed by atoms with Crippen LogP contribution in [0.2, 0.25) is 0 Å². The van der Waals surface area contributed by atoms with Gasteiger partial charge in [0.2, 0.25) is 11.8 Å². The molecule has 1 atom stereocenters. The van der Waals surface area contributed by atoms with Gasteiger partial charge in [-0.3, -0.25) is 14.4 Å². The Hall–Kier alpha value is -1.85. The molecule has 1 aliphatic rings. The smallest absolute Gasteiger partial charge is 0.306 e. The molecular weight excluding hydrogens is 200 g/mol. The average molecular weight is 212 g/mol. The zero-order chi connectivity index (χ0) is 11.6. The van der Waals surface area contributed by atoms with Gasteiger partial charge in [-0.2, -0.15) is 0 Å². The molecule has 6 nitrogen and oxygen atoms in total. The second-order valence-corrected chi connectivity index (χ2v) is 3.23. The number of allylic oxidation sites excluding steroid dienone is 1. The first-order valence-electron chi connectivity index (χ1n) is 4.35. The van der Waals surface area contributed by atoms with Gasteiger partial charge in [-0.1, -0.05) is 0 Å². The van der Waals surface area contributed by atoms with Gasteiger partial charge < -0.3 is 15.8 Å². The summed E-state index contributed by atoms with van der Waals surface area (Å²) >= 11 is 0. The molecule has 1 unspecified atom stereocenters. The molecule has 0 saturated heterocycles. The van der Waals surface area contributed by atoms with Crippen LogP contribution in [0.5, 0.6) is 0 Å². The van der Waals surface area contributed by atoms with Crippen molar-refractivity contribution < 1.29 is 19.1 Å². The summed E-state index contributed by atoms with van der Waals surface area (Å²) in [7, 11) is 1.22. The lowest BCUT2D eigenvalue weighted by Gasteiger charge is -2.07. The van der Waals surface area contributed by atoms with Gasteiger partial charge in [-0.05, 0) is 6.92 Å². The maximum Gasteiger partial charge on any atom is 0.306 e. The average Bonchev–Trinajstić information content (AvgIpc) is 2.41. The van der Waals surface area contributed by atoms with Crippen LogP contribution in [0.4, 0.5) is 0 Å². The fraction of sp³-hybridized carbons (Fsp3) is 0.444. The van der Waals surface area contributed by atoms with Gasteiger partial charge in [0.1, 0.15) is 0 Å². The lowest BCUT2D eigenvalue weighted by atomic mass is 9.96. The van der Waals surface area contributed by atoms with E-state index in [2.05, 4.69) is 10.1 Å². The third-order valence-corrected chi connectivity index (χ3v) is 2.24. The van der Waals surface area contributed by atoms with E-state index >= 15 is 0 Å². The van der Waals surface area contributed by atoms with Crippen molar-refractivity contribution in [1.82, 2.24) is 5.32 Å². The van der Waals surface area contributed by atoms with Crippen LogP contribution in [-0.4, -0.2) is 24.9 Å². The molecule has 0 bridgehead atoms. The minimum Gasteiger partial charge on any atom is -0.469 e. The van der Waals surface area contributed by atoms with Gasteiger partial charge in [0.25, 0.3) is 0 Å². The van der Waals surface area contributed by atoms with E-state index in [1.165, 1.54) is 7.11 Å². The highest BCUT2D eigenvalue weighted by Gasteiger charge is 2.36. The number of hydrogen-bond acceptors (Lipinski definition) is 4. The van der Waals surface area contributed by atoms with Crippen LogP contribution in [0.3, 0.4) is 0 Å². The van der Waals surface area contributed by atoms with Crippen LogP contribution < -0.4 is 11.1 Å². The molecule has 0 radical (unpaired) electrons. The molecule has 0 aromatic heterocycles. The SMILES string of the molecule is COC(=O)CC1C(=O)NC(C)=C1C(N)=O. The first kappa shape index (κ1) is 11.2. The quantitative estimate of drug-likeness (QED) is 0.589. The Bertz CT molecular complexity index is 359. The number of rotatable bonds is 3. The number of ether oxygens (including phenoxy) is 1. The molecule has 0 aromatic carbocycles. The van der Waals surface area contributed by atoms with Crippen LogP contribution in [0.15, 0.2) is 11.3 Å². The number of nitrogens with one attached hydrogen (secondary N) is 1. The fourth-order valence-corrected chi connectivity index (χ4v) is 1.53. The van der Waals surface area contributed by atoms with E-state index in [1.54, 1.807) is 6.92 Å². The summed E-state index contributed by atoms with van der Waals surface area (Å²) in [6, 6.07) is 0. The highest BCUT2D eigenvalue weighted by atomic mass is 16.5. The van der Waals surface area contributed by atoms with Gasteiger partial charge in [0.05, 0.1) is 19.4 Å². The van der Waals surface area contributed by atoms with Crippen molar-refractivity contribution in [2.45, 2.75) is 13.3 Å². The summed E-state index contributed by atoms with van der Waals surface area (Å²) in [6.07, 6.45) is -0.169. The second kappa shape index (κ2) is 4.12. The van der Waals surface area contributed by atoms with Crippen molar-refractivity contribution in [2.75, 3.05) is 7.11 Å². The largest absolute Gasteiger partial charge is 0.469 e. The Morgan fingerprint density at radius 1 is 1.53 bits per heavy atom. The number of carbonyl (C=O) groups excluding carboxylic acids is 3. The van der Waals surface area contributed by atoms with Gasteiger partial charge >= 0.3 is 5.97 Å². The number of amides is 2. The molecule has 82 valence electrons. The van der Waals surface area contributed by atoms with Crippen LogP contribution in [0, 0.1) is 5.92 Å². The minimum absolute atomic E-state index is 0.158. The summed E-state index contributed by atoms with van der Waals surface area (Å²) in [5.41, 5.74) is 5.68. The molecule has 1 rings (SSSR count). The highest BCUT2D eigenvalue weighted by molar-refractivity contribution is 6.04. The molecule has 15 heavy (non-hydrogen) atoms. The second-order valence-electron chi connectivity index (χ2n) is 3.23. The maximum atomic E-state index is 11.4. The van der Waals surface area contributed by atoms with Gasteiger partial charge in [0, 0.05) is 11.3 Å². The predicted molar refractivity (Wildman–Crippen MR) is 50.2 cm³/mol. The van der Waals surface area contributed by atoms with E-state index in [9.17, 15) is 14.4 Å². The van der Waals surface area contributed by atoms with Gasteiger partial charge in [-0.25, -0.2) is 0 Å². The Kier molecular flexibility index (Phi) is 3.08. The predicted octanol–water partition coefficient (Wildman–Crippen LogP) is -0.945. The molecule has 0 saturated carbocycles. The first-order valence-corrected chi connectivity index (χ1v) is 4.35. The molecule has 6 heteroatoms. The van der Waals surface area contributed by atoms with E-state index in [0.29, 0.717) is 5.70 Å². The van der Waals surface area contributed by atoms with Crippen molar-refractivity contribution in [3.05, 3.63) is 11.3 Å². The number of primary amides is 1. The standard InChI is InChI=1S/C9H12N2O4/c1-4-7(8(10)13)5(9(14)11-4)3-6(12)15-2/h5H,3H2,1-2H3,(H2,10,13)(H,11,14). The van der Waals surface area contributed by atoms with E-state index in [0.717, 1.165) is 0 Å². The van der Waals surface area contributed by atoms with Gasteiger partial charge in [0.15, 0.2) is 0 Å². The van der Waals surface area contributed by atoms with Crippen LogP contribution >= 0.6 is 0 Å². The van der Waals surface area contributed by atoms with Crippen molar-refractivity contribution in [3.63, 3.8) is 0 Å². The molecule has 0 aromatic rings. The molecule has 0 fully saturated rings. The van der Waals surface area contributed by atoms with E-state index < -0.39 is 23.7 Å². The van der Waals surface area contributed by atoms with E-state index in [1.807, 2.05) is 0 Å². The van der Waals surface area contributed by atoms with E-state index in [-0.39, 0.29) is 12.0 Å². The van der Waals surface area contributed by atoms with Gasteiger partial charge in [-0.15, -0.1) is 0 Å². The van der Waals surface area contributed by atoms with Crippen LogP contribution in [0.25, 0.3) is 0 Å². The summed E-state index contributed by atoms with van der Waals surface area (Å²) < 4.78 is 4.43. The summed E-state index contributed by atoms with van der Waals surface area (Å²) in [5, 5.41) is 2.46. The lowest BCUT2D eigenvalue weighted by molar-refractivity contribution is -0.143. The third-order valence-electron chi connectivity index (χ3n) is 2.24. The van der Waals surface area contributed by atoms with Crippen molar-refractivity contribution >= 4 is 17.8 Å². The fourth-order valence-electron chi connectivity index (χ4n) is 1.53. The first-order chi connectivity index (χ1) is 6.97. The number of hydrogen-bond donors (Lipinski definition) is 2.